The number of carboxylic acids is 1. The zero-order valence-electron chi connectivity index (χ0n) is 14.0. The average molecular weight is 445 g/mol. The highest BCUT2D eigenvalue weighted by Crippen LogP contribution is 2.30. The minimum Gasteiger partial charge on any atom is -0.478 e. The van der Waals surface area contributed by atoms with Crippen LogP contribution in [0.1, 0.15) is 22.1 Å². The summed E-state index contributed by atoms with van der Waals surface area (Å²) in [5.74, 6) is -1.25. The highest BCUT2D eigenvalue weighted by Gasteiger charge is 2.34. The second-order valence-electron chi connectivity index (χ2n) is 5.85. The number of halogens is 1. The molecule has 0 bridgehead atoms. The molecule has 0 saturated heterocycles. The largest absolute Gasteiger partial charge is 0.478 e. The Kier molecular flexibility index (Phi) is 4.48. The summed E-state index contributed by atoms with van der Waals surface area (Å²) in [6, 6.07) is 12.0. The zero-order chi connectivity index (χ0) is 19.1. The molecule has 4 rings (SSSR count). The number of carbonyl (C=O) groups excluding carboxylic acids is 1. The lowest BCUT2D eigenvalue weighted by atomic mass is 10.1. The smallest absolute Gasteiger partial charge is 0.335 e. The van der Waals surface area contributed by atoms with Gasteiger partial charge in [0.25, 0.3) is 5.91 Å². The maximum atomic E-state index is 12.8. The van der Waals surface area contributed by atoms with Crippen LogP contribution >= 0.6 is 27.7 Å². The Balaban J connectivity index is 1.93. The van der Waals surface area contributed by atoms with Gasteiger partial charge in [-0.05, 0) is 42.2 Å². The molecule has 1 unspecified atom stereocenters. The molecule has 0 saturated carbocycles. The van der Waals surface area contributed by atoms with Gasteiger partial charge in [0.1, 0.15) is 5.70 Å². The Bertz CT molecular complexity index is 1110. The van der Waals surface area contributed by atoms with Crippen LogP contribution in [0.4, 0.5) is 0 Å². The van der Waals surface area contributed by atoms with Crippen LogP contribution in [0.5, 0.6) is 0 Å². The van der Waals surface area contributed by atoms with E-state index < -0.39 is 12.1 Å². The number of rotatable bonds is 2. The molecule has 0 radical (unpaired) electrons. The normalized spacial score (nSPS) is 18.1. The molecule has 0 aromatic heterocycles. The van der Waals surface area contributed by atoms with Gasteiger partial charge < -0.3 is 5.11 Å². The van der Waals surface area contributed by atoms with Gasteiger partial charge in [0, 0.05) is 9.69 Å². The van der Waals surface area contributed by atoms with E-state index in [4.69, 9.17) is 10.1 Å². The number of nitrogens with zero attached hydrogens (tertiary/aromatic N) is 3. The van der Waals surface area contributed by atoms with E-state index in [1.807, 2.05) is 24.5 Å². The van der Waals surface area contributed by atoms with Crippen molar-refractivity contribution in [1.82, 2.24) is 10.3 Å². The summed E-state index contributed by atoms with van der Waals surface area (Å²) in [6.45, 7) is 0. The van der Waals surface area contributed by atoms with Crippen LogP contribution in [0.15, 0.2) is 57.0 Å². The standard InChI is InChI=1S/C18H13BrN4O3S/c1-27-18-21-16(24)14-12-8-11(19)6-7-13(12)20-15(23(14)22-18)9-2-4-10(5-3-9)17(25)26/h2-8,15H,1H3,(H,25,26)(H,21,22,24). The molecular formula is C18H13BrN4O3S. The number of nitrogens with one attached hydrogen (secondary N) is 1. The highest BCUT2D eigenvalue weighted by molar-refractivity contribution is 9.10. The van der Waals surface area contributed by atoms with Crippen LogP contribution in [0, 0.1) is 0 Å². The number of hydrazone groups is 1. The minimum absolute atomic E-state index is 0.188. The zero-order valence-corrected chi connectivity index (χ0v) is 16.4. The second kappa shape index (κ2) is 6.82. The van der Waals surface area contributed by atoms with Crippen LogP contribution in [-0.4, -0.2) is 33.4 Å². The van der Waals surface area contributed by atoms with Crippen molar-refractivity contribution in [3.63, 3.8) is 0 Å². The molecule has 2 heterocycles. The Morgan fingerprint density at radius 2 is 2.00 bits per heavy atom. The number of thioether (sulfide) groups is 1. The van der Waals surface area contributed by atoms with Gasteiger partial charge in [0.2, 0.25) is 0 Å². The van der Waals surface area contributed by atoms with Gasteiger partial charge in [-0.1, -0.05) is 39.8 Å². The Hall–Kier alpha value is -2.65. The summed E-state index contributed by atoms with van der Waals surface area (Å²) in [7, 11) is 0. The molecule has 2 aliphatic rings. The van der Waals surface area contributed by atoms with Crippen molar-refractivity contribution >= 4 is 50.4 Å². The Morgan fingerprint density at radius 3 is 2.67 bits per heavy atom. The summed E-state index contributed by atoms with van der Waals surface area (Å²) >= 11 is 4.76. The summed E-state index contributed by atoms with van der Waals surface area (Å²) in [5.41, 5.74) is 1.34. The fourth-order valence-corrected chi connectivity index (χ4v) is 3.68. The van der Waals surface area contributed by atoms with E-state index in [1.165, 1.54) is 23.9 Å². The monoisotopic (exact) mass is 444 g/mol. The lowest BCUT2D eigenvalue weighted by Crippen LogP contribution is -2.50. The number of carbonyl (C=O) groups is 2. The third kappa shape index (κ3) is 3.13. The molecule has 2 aromatic carbocycles. The topological polar surface area (TPSA) is 94.4 Å². The molecule has 7 nitrogen and oxygen atoms in total. The second-order valence-corrected chi connectivity index (χ2v) is 7.56. The molecular weight excluding hydrogens is 432 g/mol. The van der Waals surface area contributed by atoms with E-state index in [0.29, 0.717) is 21.4 Å². The van der Waals surface area contributed by atoms with Gasteiger partial charge in [0.15, 0.2) is 11.3 Å². The fourth-order valence-electron chi connectivity index (χ4n) is 2.96. The van der Waals surface area contributed by atoms with E-state index in [2.05, 4.69) is 26.3 Å². The van der Waals surface area contributed by atoms with E-state index >= 15 is 0 Å². The van der Waals surface area contributed by atoms with Crippen molar-refractivity contribution in [2.75, 3.05) is 6.26 Å². The first-order valence-corrected chi connectivity index (χ1v) is 9.94. The third-order valence-electron chi connectivity index (χ3n) is 4.22. The first kappa shape index (κ1) is 17.7. The maximum Gasteiger partial charge on any atom is 0.335 e. The minimum atomic E-state index is -0.996. The molecule has 0 aliphatic carbocycles. The number of amides is 1. The van der Waals surface area contributed by atoms with E-state index in [9.17, 15) is 9.59 Å². The third-order valence-corrected chi connectivity index (χ3v) is 5.28. The lowest BCUT2D eigenvalue weighted by Gasteiger charge is -2.34. The molecule has 136 valence electrons. The Labute approximate surface area is 166 Å². The lowest BCUT2D eigenvalue weighted by molar-refractivity contribution is -0.116. The number of hydrogen-bond donors (Lipinski definition) is 2. The first-order valence-electron chi connectivity index (χ1n) is 7.92. The molecule has 1 atom stereocenters. The maximum absolute atomic E-state index is 12.8. The summed E-state index contributed by atoms with van der Waals surface area (Å²) in [4.78, 5) is 28.6. The molecule has 0 fully saturated rings. The van der Waals surface area contributed by atoms with Crippen molar-refractivity contribution in [2.45, 2.75) is 6.17 Å². The SMILES string of the molecule is CSC1=NN2C(=c3cc(Br)ccc3=NC2c2ccc(C(=O)O)cc2)C(=O)N1. The van der Waals surface area contributed by atoms with E-state index in [0.717, 1.165) is 10.0 Å². The molecule has 9 heteroatoms. The predicted octanol–water partition coefficient (Wildman–Crippen LogP) is 1.65. The summed E-state index contributed by atoms with van der Waals surface area (Å²) in [6.07, 6.45) is 1.26. The van der Waals surface area contributed by atoms with Crippen LogP contribution in [0.2, 0.25) is 0 Å². The van der Waals surface area contributed by atoms with Gasteiger partial charge in [0.05, 0.1) is 10.9 Å². The van der Waals surface area contributed by atoms with Crippen molar-refractivity contribution in [3.8, 4) is 0 Å². The van der Waals surface area contributed by atoms with Crippen molar-refractivity contribution in [1.29, 1.82) is 0 Å². The number of benzene rings is 2. The number of carboxylic acid groups (broad SMARTS) is 1. The molecule has 2 N–H and O–H groups in total. The molecule has 0 spiro atoms. The fraction of sp³-hybridized carbons (Fsp3) is 0.111. The molecule has 2 aliphatic heterocycles. The van der Waals surface area contributed by atoms with Crippen LogP contribution in [0.3, 0.4) is 0 Å². The first-order chi connectivity index (χ1) is 13.0. The van der Waals surface area contributed by atoms with Gasteiger partial charge in [-0.3, -0.25) is 15.1 Å². The van der Waals surface area contributed by atoms with Crippen molar-refractivity contribution < 1.29 is 14.7 Å². The van der Waals surface area contributed by atoms with Crippen LogP contribution in [0.25, 0.3) is 5.70 Å². The Morgan fingerprint density at radius 1 is 1.26 bits per heavy atom. The quantitative estimate of drug-likeness (QED) is 0.734. The molecule has 2 aromatic rings. The van der Waals surface area contributed by atoms with Gasteiger partial charge in [-0.25, -0.2) is 9.80 Å². The van der Waals surface area contributed by atoms with Gasteiger partial charge in [-0.15, -0.1) is 5.10 Å². The predicted molar refractivity (Wildman–Crippen MR) is 105 cm³/mol. The van der Waals surface area contributed by atoms with Crippen LogP contribution in [-0.2, 0) is 4.79 Å². The summed E-state index contributed by atoms with van der Waals surface area (Å²) < 4.78 is 0.834. The summed E-state index contributed by atoms with van der Waals surface area (Å²) in [5, 5.41) is 19.9. The van der Waals surface area contributed by atoms with Crippen molar-refractivity contribution in [3.05, 3.63) is 68.6 Å². The average Bonchev–Trinajstić information content (AvgIpc) is 2.67. The van der Waals surface area contributed by atoms with E-state index in [1.54, 1.807) is 17.1 Å². The number of hydrogen-bond acceptors (Lipinski definition) is 6. The number of aromatic carboxylic acids is 1. The molecule has 27 heavy (non-hydrogen) atoms. The van der Waals surface area contributed by atoms with Crippen LogP contribution < -0.4 is 15.9 Å². The number of amidine groups is 1. The van der Waals surface area contributed by atoms with Crippen molar-refractivity contribution in [2.24, 2.45) is 10.1 Å². The number of fused-ring (bicyclic) bond motifs is 2. The van der Waals surface area contributed by atoms with Gasteiger partial charge in [-0.2, -0.15) is 0 Å². The molecule has 1 amide bonds. The van der Waals surface area contributed by atoms with E-state index in [-0.39, 0.29) is 11.5 Å². The van der Waals surface area contributed by atoms with Gasteiger partial charge >= 0.3 is 5.97 Å². The highest BCUT2D eigenvalue weighted by atomic mass is 79.9.